The number of rotatable bonds is 4. The van der Waals surface area contributed by atoms with E-state index in [4.69, 9.17) is 16.3 Å². The number of hydrogen-bond donors (Lipinski definition) is 1. The van der Waals surface area contributed by atoms with Crippen molar-refractivity contribution in [2.75, 3.05) is 6.54 Å². The molecule has 1 aromatic heterocycles. The minimum absolute atomic E-state index is 0.257. The summed E-state index contributed by atoms with van der Waals surface area (Å²) in [6.45, 7) is 0.682. The number of pyridine rings is 1. The second-order valence-corrected chi connectivity index (χ2v) is 4.84. The molecule has 2 aromatic rings. The molecule has 0 aliphatic heterocycles. The van der Waals surface area contributed by atoms with Crippen LogP contribution in [0, 0.1) is 11.8 Å². The van der Waals surface area contributed by atoms with Crippen LogP contribution < -0.4 is 5.32 Å². The van der Waals surface area contributed by atoms with Crippen LogP contribution in [0.3, 0.4) is 0 Å². The van der Waals surface area contributed by atoms with Gasteiger partial charge in [-0.05, 0) is 23.6 Å². The maximum Gasteiger partial charge on any atom is 0.407 e. The van der Waals surface area contributed by atoms with Gasteiger partial charge in [0.15, 0.2) is 0 Å². The van der Waals surface area contributed by atoms with Crippen molar-refractivity contribution in [2.24, 2.45) is 0 Å². The highest BCUT2D eigenvalue weighted by atomic mass is 35.5. The molecule has 0 aliphatic rings. The van der Waals surface area contributed by atoms with E-state index in [-0.39, 0.29) is 6.61 Å². The highest BCUT2D eigenvalue weighted by molar-refractivity contribution is 6.30. The molecule has 0 unspecified atom stereocenters. The standard InChI is InChI=1S/C17H15ClN2O2/c18-15-9-10-16(20-12-15)8-4-5-11-19-17(21)22-13-14-6-2-1-3-7-14/h1-3,6-7,9-10,12H,5,11,13H2,(H,19,21). The first-order valence-corrected chi connectivity index (χ1v) is 7.17. The van der Waals surface area contributed by atoms with Crippen molar-refractivity contribution >= 4 is 17.7 Å². The Morgan fingerprint density at radius 1 is 1.23 bits per heavy atom. The summed E-state index contributed by atoms with van der Waals surface area (Å²) in [5.41, 5.74) is 1.60. The van der Waals surface area contributed by atoms with Crippen molar-refractivity contribution in [3.63, 3.8) is 0 Å². The zero-order valence-electron chi connectivity index (χ0n) is 11.9. The summed E-state index contributed by atoms with van der Waals surface area (Å²) in [5, 5.41) is 3.22. The lowest BCUT2D eigenvalue weighted by Gasteiger charge is -2.05. The zero-order chi connectivity index (χ0) is 15.6. The van der Waals surface area contributed by atoms with Crippen LogP contribution in [0.25, 0.3) is 0 Å². The Kier molecular flexibility index (Phi) is 6.28. The molecule has 22 heavy (non-hydrogen) atoms. The molecule has 0 aliphatic carbocycles. The number of alkyl carbamates (subject to hydrolysis) is 1. The van der Waals surface area contributed by atoms with Crippen molar-refractivity contribution in [3.05, 3.63) is 64.9 Å². The summed E-state index contributed by atoms with van der Waals surface area (Å²) >= 11 is 5.73. The molecular weight excluding hydrogens is 300 g/mol. The molecule has 0 atom stereocenters. The fourth-order valence-corrected chi connectivity index (χ4v) is 1.72. The van der Waals surface area contributed by atoms with E-state index < -0.39 is 6.09 Å². The van der Waals surface area contributed by atoms with Crippen LogP contribution in [0.2, 0.25) is 5.02 Å². The average molecular weight is 315 g/mol. The number of carbonyl (C=O) groups excluding carboxylic acids is 1. The van der Waals surface area contributed by atoms with Crippen LogP contribution in [0.5, 0.6) is 0 Å². The first-order valence-electron chi connectivity index (χ1n) is 6.79. The van der Waals surface area contributed by atoms with E-state index in [9.17, 15) is 4.79 Å². The monoisotopic (exact) mass is 314 g/mol. The third-order valence-corrected chi connectivity index (χ3v) is 2.90. The van der Waals surface area contributed by atoms with Crippen molar-refractivity contribution in [2.45, 2.75) is 13.0 Å². The molecular formula is C17H15ClN2O2. The van der Waals surface area contributed by atoms with Gasteiger partial charge in [0.05, 0.1) is 5.02 Å². The number of benzene rings is 1. The van der Waals surface area contributed by atoms with Gasteiger partial charge in [-0.2, -0.15) is 0 Å². The summed E-state index contributed by atoms with van der Waals surface area (Å²) < 4.78 is 5.08. The number of nitrogens with one attached hydrogen (secondary N) is 1. The highest BCUT2D eigenvalue weighted by Crippen LogP contribution is 2.05. The van der Waals surface area contributed by atoms with Gasteiger partial charge in [-0.3, -0.25) is 0 Å². The van der Waals surface area contributed by atoms with Gasteiger partial charge in [0, 0.05) is 19.2 Å². The third-order valence-electron chi connectivity index (χ3n) is 2.68. The number of aromatic nitrogens is 1. The Hall–Kier alpha value is -2.51. The predicted octanol–water partition coefficient (Wildman–Crippen LogP) is 3.40. The van der Waals surface area contributed by atoms with Crippen LogP contribution in [0.15, 0.2) is 48.7 Å². The van der Waals surface area contributed by atoms with E-state index in [0.29, 0.717) is 23.7 Å². The van der Waals surface area contributed by atoms with Crippen LogP contribution in [0.4, 0.5) is 4.79 Å². The van der Waals surface area contributed by atoms with Gasteiger partial charge in [-0.1, -0.05) is 47.9 Å². The number of nitrogens with zero attached hydrogens (tertiary/aromatic N) is 1. The van der Waals surface area contributed by atoms with E-state index in [1.807, 2.05) is 30.3 Å². The number of ether oxygens (including phenoxy) is 1. The second-order valence-electron chi connectivity index (χ2n) is 4.40. The van der Waals surface area contributed by atoms with Crippen LogP contribution in [-0.4, -0.2) is 17.6 Å². The fraction of sp³-hybridized carbons (Fsp3) is 0.176. The molecule has 0 spiro atoms. The fourth-order valence-electron chi connectivity index (χ4n) is 1.60. The van der Waals surface area contributed by atoms with Crippen molar-refractivity contribution < 1.29 is 9.53 Å². The normalized spacial score (nSPS) is 9.50. The van der Waals surface area contributed by atoms with Gasteiger partial charge in [-0.15, -0.1) is 0 Å². The SMILES string of the molecule is O=C(NCCC#Cc1ccc(Cl)cn1)OCc1ccccc1. The van der Waals surface area contributed by atoms with Gasteiger partial charge in [0.1, 0.15) is 12.3 Å². The van der Waals surface area contributed by atoms with Crippen LogP contribution >= 0.6 is 11.6 Å². The Morgan fingerprint density at radius 2 is 2.05 bits per heavy atom. The number of carbonyl (C=O) groups is 1. The van der Waals surface area contributed by atoms with E-state index in [0.717, 1.165) is 5.56 Å². The van der Waals surface area contributed by atoms with E-state index in [1.165, 1.54) is 0 Å². The predicted molar refractivity (Wildman–Crippen MR) is 85.4 cm³/mol. The lowest BCUT2D eigenvalue weighted by molar-refractivity contribution is 0.140. The molecule has 0 fully saturated rings. The van der Waals surface area contributed by atoms with E-state index in [1.54, 1.807) is 18.3 Å². The number of amides is 1. The van der Waals surface area contributed by atoms with Gasteiger partial charge in [-0.25, -0.2) is 9.78 Å². The number of hydrogen-bond acceptors (Lipinski definition) is 3. The van der Waals surface area contributed by atoms with Crippen molar-refractivity contribution in [1.29, 1.82) is 0 Å². The first-order chi connectivity index (χ1) is 10.7. The first kappa shape index (κ1) is 15.9. The largest absolute Gasteiger partial charge is 0.445 e. The summed E-state index contributed by atoms with van der Waals surface area (Å²) in [5.74, 6) is 5.82. The lowest BCUT2D eigenvalue weighted by atomic mass is 10.2. The van der Waals surface area contributed by atoms with Crippen LogP contribution in [0.1, 0.15) is 17.7 Å². The minimum atomic E-state index is -0.449. The average Bonchev–Trinajstić information content (AvgIpc) is 2.55. The van der Waals surface area contributed by atoms with Crippen molar-refractivity contribution in [1.82, 2.24) is 10.3 Å². The molecule has 1 N–H and O–H groups in total. The minimum Gasteiger partial charge on any atom is -0.445 e. The molecule has 0 saturated heterocycles. The molecule has 2 rings (SSSR count). The lowest BCUT2D eigenvalue weighted by Crippen LogP contribution is -2.24. The smallest absolute Gasteiger partial charge is 0.407 e. The molecule has 1 aromatic carbocycles. The Balaban J connectivity index is 1.64. The van der Waals surface area contributed by atoms with Crippen LogP contribution in [-0.2, 0) is 11.3 Å². The highest BCUT2D eigenvalue weighted by Gasteiger charge is 2.00. The van der Waals surface area contributed by atoms with Crippen molar-refractivity contribution in [3.8, 4) is 11.8 Å². The number of halogens is 1. The van der Waals surface area contributed by atoms with Gasteiger partial charge >= 0.3 is 6.09 Å². The molecule has 4 nitrogen and oxygen atoms in total. The molecule has 0 saturated carbocycles. The second kappa shape index (κ2) is 8.71. The Morgan fingerprint density at radius 3 is 2.77 bits per heavy atom. The molecule has 1 amide bonds. The molecule has 5 heteroatoms. The quantitative estimate of drug-likeness (QED) is 0.695. The van der Waals surface area contributed by atoms with E-state index in [2.05, 4.69) is 22.1 Å². The topological polar surface area (TPSA) is 51.2 Å². The van der Waals surface area contributed by atoms with Gasteiger partial charge in [0.25, 0.3) is 0 Å². The Labute approximate surface area is 134 Å². The summed E-state index contributed by atoms with van der Waals surface area (Å²) in [6.07, 6.45) is 1.62. The van der Waals surface area contributed by atoms with Gasteiger partial charge < -0.3 is 10.1 Å². The molecule has 112 valence electrons. The van der Waals surface area contributed by atoms with Gasteiger partial charge in [0.2, 0.25) is 0 Å². The third kappa shape index (κ3) is 5.86. The maximum absolute atomic E-state index is 11.5. The zero-order valence-corrected chi connectivity index (χ0v) is 12.6. The Bertz CT molecular complexity index is 661. The maximum atomic E-state index is 11.5. The summed E-state index contributed by atoms with van der Waals surface area (Å²) in [4.78, 5) is 15.5. The summed E-state index contributed by atoms with van der Waals surface area (Å²) in [7, 11) is 0. The summed E-state index contributed by atoms with van der Waals surface area (Å²) in [6, 6.07) is 13.0. The molecule has 0 radical (unpaired) electrons. The molecule has 1 heterocycles. The van der Waals surface area contributed by atoms with E-state index >= 15 is 0 Å². The molecule has 0 bridgehead atoms.